The average molecular weight is 264 g/mol. The quantitative estimate of drug-likeness (QED) is 0.771. The van der Waals surface area contributed by atoms with Crippen LogP contribution in [0.25, 0.3) is 5.52 Å². The maximum atomic E-state index is 6.11. The Hall–Kier alpha value is -1.52. The molecule has 0 spiro atoms. The van der Waals surface area contributed by atoms with E-state index in [1.54, 1.807) is 11.3 Å². The Kier molecular flexibility index (Phi) is 2.53. The van der Waals surface area contributed by atoms with Crippen molar-refractivity contribution in [1.29, 1.82) is 0 Å². The second-order valence-corrected chi connectivity index (χ2v) is 5.15. The molecule has 0 atom stereocenters. The number of nitrogens with zero attached hydrogens (tertiary/aromatic N) is 2. The molecular formula is C12H10ClN3S. The summed E-state index contributed by atoms with van der Waals surface area (Å²) in [6.07, 6.45) is 2.71. The monoisotopic (exact) mass is 263 g/mol. The van der Waals surface area contributed by atoms with Crippen molar-refractivity contribution < 1.29 is 0 Å². The zero-order valence-corrected chi connectivity index (χ0v) is 10.5. The summed E-state index contributed by atoms with van der Waals surface area (Å²) >= 11 is 7.83. The minimum atomic E-state index is 0.467. The molecule has 86 valence electrons. The molecule has 0 bridgehead atoms. The zero-order chi connectivity index (χ0) is 11.8. The normalized spacial score (nSPS) is 11.1. The molecule has 0 saturated heterocycles. The van der Waals surface area contributed by atoms with Crippen LogP contribution in [0.4, 0.5) is 5.69 Å². The van der Waals surface area contributed by atoms with Crippen molar-refractivity contribution in [2.45, 2.75) is 6.42 Å². The van der Waals surface area contributed by atoms with Gasteiger partial charge in [0.1, 0.15) is 11.3 Å². The number of aromatic nitrogens is 2. The SMILES string of the molecule is Nc1cccn2c(Cc3cccs3)nc(Cl)c12. The third-order valence-corrected chi connectivity index (χ3v) is 3.78. The summed E-state index contributed by atoms with van der Waals surface area (Å²) in [5.41, 5.74) is 7.35. The van der Waals surface area contributed by atoms with Crippen LogP contribution < -0.4 is 5.73 Å². The van der Waals surface area contributed by atoms with E-state index in [-0.39, 0.29) is 0 Å². The number of fused-ring (bicyclic) bond motifs is 1. The van der Waals surface area contributed by atoms with Crippen LogP contribution >= 0.6 is 22.9 Å². The predicted molar refractivity (Wildman–Crippen MR) is 71.7 cm³/mol. The standard InChI is InChI=1S/C12H10ClN3S/c13-12-11-9(14)4-1-5-16(11)10(15-12)7-8-3-2-6-17-8/h1-6H,7,14H2. The van der Waals surface area contributed by atoms with Crippen LogP contribution in [0.15, 0.2) is 35.8 Å². The van der Waals surface area contributed by atoms with E-state index in [0.717, 1.165) is 17.8 Å². The van der Waals surface area contributed by atoms with Gasteiger partial charge in [0.05, 0.1) is 5.69 Å². The van der Waals surface area contributed by atoms with Crippen LogP contribution in [0.2, 0.25) is 5.15 Å². The van der Waals surface area contributed by atoms with Gasteiger partial charge in [0.2, 0.25) is 0 Å². The lowest BCUT2D eigenvalue weighted by atomic mass is 10.3. The van der Waals surface area contributed by atoms with Gasteiger partial charge in [-0.15, -0.1) is 11.3 Å². The molecule has 0 saturated carbocycles. The van der Waals surface area contributed by atoms with E-state index < -0.39 is 0 Å². The van der Waals surface area contributed by atoms with Gasteiger partial charge in [-0.05, 0) is 23.6 Å². The topological polar surface area (TPSA) is 43.3 Å². The van der Waals surface area contributed by atoms with Crippen LogP contribution in [0, 0.1) is 0 Å². The fraction of sp³-hybridized carbons (Fsp3) is 0.0833. The molecule has 0 aliphatic carbocycles. The second kappa shape index (κ2) is 4.05. The van der Waals surface area contributed by atoms with Crippen LogP contribution in [0.1, 0.15) is 10.7 Å². The summed E-state index contributed by atoms with van der Waals surface area (Å²) in [7, 11) is 0. The van der Waals surface area contributed by atoms with Gasteiger partial charge in [-0.25, -0.2) is 4.98 Å². The first-order chi connectivity index (χ1) is 8.25. The molecule has 0 aromatic carbocycles. The second-order valence-electron chi connectivity index (χ2n) is 3.76. The fourth-order valence-corrected chi connectivity index (χ4v) is 2.87. The maximum Gasteiger partial charge on any atom is 0.157 e. The largest absolute Gasteiger partial charge is 0.397 e. The Morgan fingerprint density at radius 3 is 3.00 bits per heavy atom. The van der Waals surface area contributed by atoms with Crippen molar-refractivity contribution in [3.05, 3.63) is 51.7 Å². The number of pyridine rings is 1. The van der Waals surface area contributed by atoms with Crippen LogP contribution in [-0.2, 0) is 6.42 Å². The highest BCUT2D eigenvalue weighted by molar-refractivity contribution is 7.09. The van der Waals surface area contributed by atoms with E-state index in [2.05, 4.69) is 16.4 Å². The molecule has 0 aliphatic rings. The zero-order valence-electron chi connectivity index (χ0n) is 8.93. The lowest BCUT2D eigenvalue weighted by Gasteiger charge is -2.01. The Morgan fingerprint density at radius 1 is 1.35 bits per heavy atom. The molecule has 3 nitrogen and oxygen atoms in total. The number of hydrogen-bond donors (Lipinski definition) is 1. The Balaban J connectivity index is 2.15. The minimum absolute atomic E-state index is 0.467. The molecule has 3 rings (SSSR count). The highest BCUT2D eigenvalue weighted by Crippen LogP contribution is 2.25. The van der Waals surface area contributed by atoms with Gasteiger partial charge < -0.3 is 10.1 Å². The molecule has 0 amide bonds. The number of hydrogen-bond acceptors (Lipinski definition) is 3. The maximum absolute atomic E-state index is 6.11. The predicted octanol–water partition coefficient (Wildman–Crippen LogP) is 3.22. The van der Waals surface area contributed by atoms with Crippen LogP contribution in [0.5, 0.6) is 0 Å². The van der Waals surface area contributed by atoms with E-state index in [9.17, 15) is 0 Å². The molecule has 3 heterocycles. The van der Waals surface area contributed by atoms with Crippen molar-refractivity contribution in [3.63, 3.8) is 0 Å². The highest BCUT2D eigenvalue weighted by atomic mass is 35.5. The van der Waals surface area contributed by atoms with Crippen molar-refractivity contribution in [2.24, 2.45) is 0 Å². The van der Waals surface area contributed by atoms with Crippen molar-refractivity contribution in [3.8, 4) is 0 Å². The van der Waals surface area contributed by atoms with E-state index in [0.29, 0.717) is 10.8 Å². The summed E-state index contributed by atoms with van der Waals surface area (Å²) in [4.78, 5) is 5.64. The molecular weight excluding hydrogens is 254 g/mol. The van der Waals surface area contributed by atoms with Gasteiger partial charge in [-0.3, -0.25) is 0 Å². The summed E-state index contributed by atoms with van der Waals surface area (Å²) in [5.74, 6) is 0.916. The van der Waals surface area contributed by atoms with Gasteiger partial charge >= 0.3 is 0 Å². The number of rotatable bonds is 2. The first-order valence-electron chi connectivity index (χ1n) is 5.19. The van der Waals surface area contributed by atoms with Gasteiger partial charge in [0.15, 0.2) is 5.15 Å². The summed E-state index contributed by atoms with van der Waals surface area (Å²) < 4.78 is 1.96. The first-order valence-corrected chi connectivity index (χ1v) is 6.45. The van der Waals surface area contributed by atoms with Gasteiger partial charge in [0, 0.05) is 17.5 Å². The third-order valence-electron chi connectivity index (χ3n) is 2.64. The number of anilines is 1. The van der Waals surface area contributed by atoms with Crippen molar-refractivity contribution in [1.82, 2.24) is 9.38 Å². The Morgan fingerprint density at radius 2 is 2.24 bits per heavy atom. The lowest BCUT2D eigenvalue weighted by molar-refractivity contribution is 0.974. The molecule has 0 fully saturated rings. The van der Waals surface area contributed by atoms with E-state index in [4.69, 9.17) is 17.3 Å². The first kappa shape index (κ1) is 10.6. The Bertz CT molecular complexity index is 658. The van der Waals surface area contributed by atoms with Crippen molar-refractivity contribution in [2.75, 3.05) is 5.73 Å². The highest BCUT2D eigenvalue weighted by Gasteiger charge is 2.12. The van der Waals surface area contributed by atoms with E-state index in [1.165, 1.54) is 4.88 Å². The van der Waals surface area contributed by atoms with Gasteiger partial charge in [0.25, 0.3) is 0 Å². The number of imidazole rings is 1. The third kappa shape index (κ3) is 1.79. The fourth-order valence-electron chi connectivity index (χ4n) is 1.87. The van der Waals surface area contributed by atoms with E-state index >= 15 is 0 Å². The molecule has 0 unspecified atom stereocenters. The minimum Gasteiger partial charge on any atom is -0.397 e. The van der Waals surface area contributed by atoms with Crippen LogP contribution in [0.3, 0.4) is 0 Å². The van der Waals surface area contributed by atoms with Gasteiger partial charge in [-0.1, -0.05) is 17.7 Å². The van der Waals surface area contributed by atoms with Crippen molar-refractivity contribution >= 4 is 34.1 Å². The number of nitrogen functional groups attached to an aromatic ring is 1. The number of halogens is 1. The molecule has 0 radical (unpaired) electrons. The van der Waals surface area contributed by atoms with Gasteiger partial charge in [-0.2, -0.15) is 0 Å². The average Bonchev–Trinajstić information content (AvgIpc) is 2.90. The number of thiophene rings is 1. The molecule has 5 heteroatoms. The Labute approximate surface area is 107 Å². The van der Waals surface area contributed by atoms with E-state index in [1.807, 2.05) is 28.8 Å². The van der Waals surface area contributed by atoms with Crippen LogP contribution in [-0.4, -0.2) is 9.38 Å². The molecule has 17 heavy (non-hydrogen) atoms. The molecule has 2 N–H and O–H groups in total. The molecule has 0 aliphatic heterocycles. The molecule has 3 aromatic heterocycles. The summed E-state index contributed by atoms with van der Waals surface area (Å²) in [5, 5.41) is 2.52. The molecule has 3 aromatic rings. The lowest BCUT2D eigenvalue weighted by Crippen LogP contribution is -1.96. The number of nitrogens with two attached hydrogens (primary N) is 1. The summed E-state index contributed by atoms with van der Waals surface area (Å²) in [6, 6.07) is 7.85. The summed E-state index contributed by atoms with van der Waals surface area (Å²) in [6.45, 7) is 0. The smallest absolute Gasteiger partial charge is 0.157 e.